The van der Waals surface area contributed by atoms with Gasteiger partial charge in [-0.05, 0) is 49.2 Å². The van der Waals surface area contributed by atoms with Crippen LogP contribution in [-0.4, -0.2) is 9.97 Å². The van der Waals surface area contributed by atoms with Gasteiger partial charge in [-0.3, -0.25) is 0 Å². The van der Waals surface area contributed by atoms with Crippen molar-refractivity contribution in [1.29, 1.82) is 0 Å². The smallest absolute Gasteiger partial charge is 0.146 e. The highest BCUT2D eigenvalue weighted by molar-refractivity contribution is 6.31. The van der Waals surface area contributed by atoms with Crippen LogP contribution in [0, 0.1) is 13.8 Å². The highest BCUT2D eigenvalue weighted by Gasteiger charge is 2.05. The van der Waals surface area contributed by atoms with Crippen molar-refractivity contribution in [2.75, 3.05) is 0 Å². The van der Waals surface area contributed by atoms with E-state index in [1.165, 1.54) is 5.56 Å². The van der Waals surface area contributed by atoms with E-state index in [0.717, 1.165) is 28.2 Å². The third kappa shape index (κ3) is 2.63. The largest absolute Gasteiger partial charge is 0.485 e. The van der Waals surface area contributed by atoms with Crippen LogP contribution in [0.3, 0.4) is 0 Å². The summed E-state index contributed by atoms with van der Waals surface area (Å²) in [5.41, 5.74) is 4.13. The Kier molecular flexibility index (Phi) is 3.36. The number of imidazole rings is 1. The number of hydrogen-bond donors (Lipinski definition) is 1. The molecule has 0 radical (unpaired) electrons. The second-order valence-corrected chi connectivity index (χ2v) is 5.34. The lowest BCUT2D eigenvalue weighted by Crippen LogP contribution is -1.99. The molecule has 0 saturated heterocycles. The van der Waals surface area contributed by atoms with E-state index in [1.807, 2.05) is 31.2 Å². The van der Waals surface area contributed by atoms with E-state index in [9.17, 15) is 0 Å². The van der Waals surface area contributed by atoms with Crippen LogP contribution in [0.1, 0.15) is 17.0 Å². The number of hydrogen-bond acceptors (Lipinski definition) is 2. The van der Waals surface area contributed by atoms with Crippen molar-refractivity contribution in [3.63, 3.8) is 0 Å². The zero-order valence-corrected chi connectivity index (χ0v) is 12.2. The van der Waals surface area contributed by atoms with E-state index < -0.39 is 0 Å². The summed E-state index contributed by atoms with van der Waals surface area (Å²) >= 11 is 5.96. The lowest BCUT2D eigenvalue weighted by atomic mass is 10.1. The Morgan fingerprint density at radius 2 is 2.00 bits per heavy atom. The van der Waals surface area contributed by atoms with Gasteiger partial charge >= 0.3 is 0 Å². The maximum atomic E-state index is 5.96. The van der Waals surface area contributed by atoms with Gasteiger partial charge in [0.05, 0.1) is 11.0 Å². The number of aromatic nitrogens is 2. The summed E-state index contributed by atoms with van der Waals surface area (Å²) in [5, 5.41) is 0.697. The second-order valence-electron chi connectivity index (χ2n) is 4.90. The van der Waals surface area contributed by atoms with Gasteiger partial charge in [0, 0.05) is 5.02 Å². The molecule has 0 aliphatic carbocycles. The predicted octanol–water partition coefficient (Wildman–Crippen LogP) is 4.41. The quantitative estimate of drug-likeness (QED) is 0.774. The molecule has 4 heteroatoms. The van der Waals surface area contributed by atoms with Gasteiger partial charge < -0.3 is 9.72 Å². The summed E-state index contributed by atoms with van der Waals surface area (Å²) in [6.45, 7) is 4.50. The van der Waals surface area contributed by atoms with Crippen LogP contribution in [0.25, 0.3) is 11.0 Å². The fourth-order valence-electron chi connectivity index (χ4n) is 2.11. The van der Waals surface area contributed by atoms with Crippen LogP contribution in [0.5, 0.6) is 5.75 Å². The van der Waals surface area contributed by atoms with Crippen molar-refractivity contribution < 1.29 is 4.74 Å². The predicted molar refractivity (Wildman–Crippen MR) is 81.4 cm³/mol. The molecule has 1 heterocycles. The number of benzene rings is 2. The number of nitrogens with zero attached hydrogens (tertiary/aromatic N) is 1. The van der Waals surface area contributed by atoms with Gasteiger partial charge in [-0.2, -0.15) is 0 Å². The number of fused-ring (bicyclic) bond motifs is 1. The topological polar surface area (TPSA) is 37.9 Å². The van der Waals surface area contributed by atoms with Crippen LogP contribution in [0.4, 0.5) is 0 Å². The molecule has 3 nitrogen and oxygen atoms in total. The van der Waals surface area contributed by atoms with Gasteiger partial charge in [0.15, 0.2) is 0 Å². The average Bonchev–Trinajstić information content (AvgIpc) is 2.81. The number of halogens is 1. The van der Waals surface area contributed by atoms with Crippen LogP contribution >= 0.6 is 11.6 Å². The summed E-state index contributed by atoms with van der Waals surface area (Å²) in [6, 6.07) is 11.8. The number of nitrogens with one attached hydrogen (secondary N) is 1. The summed E-state index contributed by atoms with van der Waals surface area (Å²) in [5.74, 6) is 1.69. The molecule has 0 amide bonds. The first kappa shape index (κ1) is 13.0. The van der Waals surface area contributed by atoms with Crippen molar-refractivity contribution in [2.45, 2.75) is 20.5 Å². The van der Waals surface area contributed by atoms with E-state index in [0.29, 0.717) is 11.6 Å². The summed E-state index contributed by atoms with van der Waals surface area (Å²) in [4.78, 5) is 7.70. The summed E-state index contributed by atoms with van der Waals surface area (Å²) in [7, 11) is 0. The van der Waals surface area contributed by atoms with E-state index in [2.05, 4.69) is 29.0 Å². The molecule has 2 aromatic carbocycles. The molecule has 0 unspecified atom stereocenters. The minimum Gasteiger partial charge on any atom is -0.485 e. The van der Waals surface area contributed by atoms with Crippen LogP contribution < -0.4 is 4.74 Å². The molecule has 0 aliphatic rings. The SMILES string of the molecule is Cc1ccc(C)c(OCc2nc3ccc(Cl)cc3[nH]2)c1. The van der Waals surface area contributed by atoms with Crippen molar-refractivity contribution in [2.24, 2.45) is 0 Å². The Balaban J connectivity index is 1.81. The van der Waals surface area contributed by atoms with Crippen molar-refractivity contribution in [3.8, 4) is 5.75 Å². The standard InChI is InChI=1S/C16H15ClN2O/c1-10-3-4-11(2)15(7-10)20-9-16-18-13-6-5-12(17)8-14(13)19-16/h3-8H,9H2,1-2H3,(H,18,19). The number of aryl methyl sites for hydroxylation is 2. The molecule has 0 saturated carbocycles. The molecule has 1 aromatic heterocycles. The van der Waals surface area contributed by atoms with E-state index >= 15 is 0 Å². The van der Waals surface area contributed by atoms with Crippen LogP contribution in [0.2, 0.25) is 5.02 Å². The zero-order chi connectivity index (χ0) is 14.1. The fraction of sp³-hybridized carbons (Fsp3) is 0.188. The molecule has 1 N–H and O–H groups in total. The lowest BCUT2D eigenvalue weighted by Gasteiger charge is -2.08. The molecule has 20 heavy (non-hydrogen) atoms. The Morgan fingerprint density at radius 1 is 1.15 bits per heavy atom. The van der Waals surface area contributed by atoms with Gasteiger partial charge in [-0.15, -0.1) is 0 Å². The maximum Gasteiger partial charge on any atom is 0.146 e. The van der Waals surface area contributed by atoms with Crippen molar-refractivity contribution in [3.05, 3.63) is 58.4 Å². The molecular formula is C16H15ClN2O. The minimum absolute atomic E-state index is 0.413. The maximum absolute atomic E-state index is 5.96. The third-order valence-electron chi connectivity index (χ3n) is 3.20. The summed E-state index contributed by atoms with van der Waals surface area (Å²) in [6.07, 6.45) is 0. The van der Waals surface area contributed by atoms with E-state index in [1.54, 1.807) is 0 Å². The molecule has 0 spiro atoms. The van der Waals surface area contributed by atoms with Gasteiger partial charge in [0.1, 0.15) is 18.2 Å². The van der Waals surface area contributed by atoms with Gasteiger partial charge in [-0.1, -0.05) is 23.7 Å². The first-order chi connectivity index (χ1) is 9.61. The first-order valence-electron chi connectivity index (χ1n) is 6.46. The Hall–Kier alpha value is -2.00. The number of H-pyrrole nitrogens is 1. The molecule has 0 atom stereocenters. The molecule has 102 valence electrons. The van der Waals surface area contributed by atoms with Gasteiger partial charge in [-0.25, -0.2) is 4.98 Å². The third-order valence-corrected chi connectivity index (χ3v) is 3.44. The Morgan fingerprint density at radius 3 is 2.85 bits per heavy atom. The second kappa shape index (κ2) is 5.17. The average molecular weight is 287 g/mol. The van der Waals surface area contributed by atoms with Crippen molar-refractivity contribution >= 4 is 22.6 Å². The Bertz CT molecular complexity index is 764. The lowest BCUT2D eigenvalue weighted by molar-refractivity contribution is 0.295. The Labute approximate surface area is 122 Å². The molecule has 0 bridgehead atoms. The van der Waals surface area contributed by atoms with Gasteiger partial charge in [0.25, 0.3) is 0 Å². The zero-order valence-electron chi connectivity index (χ0n) is 11.4. The fourth-order valence-corrected chi connectivity index (χ4v) is 2.28. The summed E-state index contributed by atoms with van der Waals surface area (Å²) < 4.78 is 5.84. The molecule has 3 aromatic rings. The highest BCUT2D eigenvalue weighted by atomic mass is 35.5. The number of aromatic amines is 1. The van der Waals surface area contributed by atoms with E-state index in [4.69, 9.17) is 16.3 Å². The molecule has 0 fully saturated rings. The molecule has 0 aliphatic heterocycles. The first-order valence-corrected chi connectivity index (χ1v) is 6.84. The van der Waals surface area contributed by atoms with Crippen LogP contribution in [-0.2, 0) is 6.61 Å². The monoisotopic (exact) mass is 286 g/mol. The number of ether oxygens (including phenoxy) is 1. The molecular weight excluding hydrogens is 272 g/mol. The minimum atomic E-state index is 0.413. The van der Waals surface area contributed by atoms with E-state index in [-0.39, 0.29) is 0 Å². The highest BCUT2D eigenvalue weighted by Crippen LogP contribution is 2.21. The molecule has 3 rings (SSSR count). The van der Waals surface area contributed by atoms with Crippen molar-refractivity contribution in [1.82, 2.24) is 9.97 Å². The number of rotatable bonds is 3. The van der Waals surface area contributed by atoms with Gasteiger partial charge in [0.2, 0.25) is 0 Å². The van der Waals surface area contributed by atoms with Crippen LogP contribution in [0.15, 0.2) is 36.4 Å². The normalized spacial score (nSPS) is 10.9.